The van der Waals surface area contributed by atoms with Gasteiger partial charge in [-0.25, -0.2) is 0 Å². The fourth-order valence-corrected chi connectivity index (χ4v) is 2.28. The van der Waals surface area contributed by atoms with E-state index in [-0.39, 0.29) is 6.42 Å². The summed E-state index contributed by atoms with van der Waals surface area (Å²) in [5.41, 5.74) is -0.259. The first kappa shape index (κ1) is 15.2. The monoisotopic (exact) mass is 324 g/mol. The smallest absolute Gasteiger partial charge is 0.166 e. The standard InChI is InChI=1S/C10H7Cl4F3/c11-8(5-9(12,13)14)6-1-3-7(4-2-6)10(15,16)17/h1-4,8H,5H2. The minimum Gasteiger partial charge on any atom is -0.166 e. The van der Waals surface area contributed by atoms with Gasteiger partial charge in [-0.15, -0.1) is 11.6 Å². The van der Waals surface area contributed by atoms with E-state index in [0.29, 0.717) is 5.56 Å². The van der Waals surface area contributed by atoms with Crippen LogP contribution in [0.3, 0.4) is 0 Å². The average molecular weight is 326 g/mol. The molecular weight excluding hydrogens is 319 g/mol. The van der Waals surface area contributed by atoms with Gasteiger partial charge < -0.3 is 0 Å². The van der Waals surface area contributed by atoms with Crippen LogP contribution in [0.5, 0.6) is 0 Å². The fourth-order valence-electron chi connectivity index (χ4n) is 1.20. The summed E-state index contributed by atoms with van der Waals surface area (Å²) in [7, 11) is 0. The molecule has 0 fully saturated rings. The van der Waals surface area contributed by atoms with Crippen molar-refractivity contribution in [3.8, 4) is 0 Å². The molecule has 1 atom stereocenters. The van der Waals surface area contributed by atoms with Crippen molar-refractivity contribution in [1.29, 1.82) is 0 Å². The lowest BCUT2D eigenvalue weighted by Gasteiger charge is -2.16. The SMILES string of the molecule is FC(F)(F)c1ccc(C(Cl)CC(Cl)(Cl)Cl)cc1. The van der Waals surface area contributed by atoms with Crippen LogP contribution in [0.1, 0.15) is 22.9 Å². The van der Waals surface area contributed by atoms with E-state index in [2.05, 4.69) is 0 Å². The Morgan fingerprint density at radius 3 is 1.82 bits per heavy atom. The van der Waals surface area contributed by atoms with Crippen LogP contribution in [0, 0.1) is 0 Å². The molecule has 0 saturated heterocycles. The van der Waals surface area contributed by atoms with E-state index in [0.717, 1.165) is 12.1 Å². The molecule has 17 heavy (non-hydrogen) atoms. The van der Waals surface area contributed by atoms with Gasteiger partial charge in [0.25, 0.3) is 0 Å². The zero-order valence-electron chi connectivity index (χ0n) is 8.24. The van der Waals surface area contributed by atoms with Crippen LogP contribution in [0.25, 0.3) is 0 Å². The molecule has 0 N–H and O–H groups in total. The van der Waals surface area contributed by atoms with Crippen molar-refractivity contribution in [2.45, 2.75) is 21.8 Å². The highest BCUT2D eigenvalue weighted by Crippen LogP contribution is 2.39. The van der Waals surface area contributed by atoms with Gasteiger partial charge in [0.15, 0.2) is 3.79 Å². The molecule has 7 heteroatoms. The predicted octanol–water partition coefficient (Wildman–Crippen LogP) is 5.75. The molecule has 1 rings (SSSR count). The number of hydrogen-bond donors (Lipinski definition) is 0. The number of hydrogen-bond acceptors (Lipinski definition) is 0. The Bertz CT molecular complexity index is 367. The highest BCUT2D eigenvalue weighted by atomic mass is 35.6. The summed E-state index contributed by atoms with van der Waals surface area (Å²) in [4.78, 5) is 0. The van der Waals surface area contributed by atoms with Crippen molar-refractivity contribution in [2.75, 3.05) is 0 Å². The van der Waals surface area contributed by atoms with Crippen LogP contribution in [0.4, 0.5) is 13.2 Å². The van der Waals surface area contributed by atoms with Gasteiger partial charge in [0.2, 0.25) is 0 Å². The Morgan fingerprint density at radius 1 is 1.00 bits per heavy atom. The van der Waals surface area contributed by atoms with E-state index < -0.39 is 20.9 Å². The summed E-state index contributed by atoms with van der Waals surface area (Å²) in [6.45, 7) is 0. The first-order valence-electron chi connectivity index (χ1n) is 4.47. The topological polar surface area (TPSA) is 0 Å². The van der Waals surface area contributed by atoms with Crippen LogP contribution in [0.2, 0.25) is 0 Å². The highest BCUT2D eigenvalue weighted by molar-refractivity contribution is 6.67. The highest BCUT2D eigenvalue weighted by Gasteiger charge is 2.31. The van der Waals surface area contributed by atoms with E-state index in [4.69, 9.17) is 46.4 Å². The predicted molar refractivity (Wildman–Crippen MR) is 64.9 cm³/mol. The maximum Gasteiger partial charge on any atom is 0.416 e. The van der Waals surface area contributed by atoms with E-state index in [9.17, 15) is 13.2 Å². The lowest BCUT2D eigenvalue weighted by molar-refractivity contribution is -0.137. The van der Waals surface area contributed by atoms with E-state index in [1.807, 2.05) is 0 Å². The second kappa shape index (κ2) is 5.43. The summed E-state index contributed by atoms with van der Waals surface area (Å²) in [6, 6.07) is 4.44. The summed E-state index contributed by atoms with van der Waals surface area (Å²) >= 11 is 22.6. The molecule has 0 aliphatic heterocycles. The molecular formula is C10H7Cl4F3. The second-order valence-corrected chi connectivity index (χ2v) is 6.45. The lowest BCUT2D eigenvalue weighted by Crippen LogP contribution is -2.08. The van der Waals surface area contributed by atoms with Gasteiger partial charge in [0, 0.05) is 6.42 Å². The molecule has 0 aliphatic rings. The van der Waals surface area contributed by atoms with Gasteiger partial charge in [-0.05, 0) is 17.7 Å². The van der Waals surface area contributed by atoms with Crippen LogP contribution < -0.4 is 0 Å². The maximum atomic E-state index is 12.3. The molecule has 0 amide bonds. The summed E-state index contributed by atoms with van der Waals surface area (Å²) in [5, 5.41) is -0.648. The van der Waals surface area contributed by atoms with E-state index in [1.54, 1.807) is 0 Å². The van der Waals surface area contributed by atoms with Crippen LogP contribution in [-0.4, -0.2) is 3.79 Å². The third kappa shape index (κ3) is 5.12. The van der Waals surface area contributed by atoms with Crippen LogP contribution in [-0.2, 0) is 6.18 Å². The summed E-state index contributed by atoms with van der Waals surface area (Å²) in [6.07, 6.45) is -4.35. The first-order chi connectivity index (χ1) is 7.59. The Labute approximate surface area is 117 Å². The lowest BCUT2D eigenvalue weighted by atomic mass is 10.1. The Kier molecular flexibility index (Phi) is 4.87. The summed E-state index contributed by atoms with van der Waals surface area (Å²) in [5.74, 6) is 0. The first-order valence-corrected chi connectivity index (χ1v) is 6.04. The van der Waals surface area contributed by atoms with Crippen molar-refractivity contribution >= 4 is 46.4 Å². The quantitative estimate of drug-likeness (QED) is 0.608. The molecule has 0 saturated carbocycles. The Hall–Kier alpha value is 0.170. The van der Waals surface area contributed by atoms with Gasteiger partial charge in [-0.2, -0.15) is 13.2 Å². The molecule has 0 aliphatic carbocycles. The van der Waals surface area contributed by atoms with Gasteiger partial charge in [0.1, 0.15) is 0 Å². The number of alkyl halides is 7. The molecule has 1 unspecified atom stereocenters. The summed E-state index contributed by atoms with van der Waals surface area (Å²) < 4.78 is 35.4. The minimum atomic E-state index is -4.37. The van der Waals surface area contributed by atoms with Crippen molar-refractivity contribution in [1.82, 2.24) is 0 Å². The van der Waals surface area contributed by atoms with E-state index >= 15 is 0 Å². The van der Waals surface area contributed by atoms with Gasteiger partial charge >= 0.3 is 6.18 Å². The Balaban J connectivity index is 2.81. The zero-order valence-corrected chi connectivity index (χ0v) is 11.3. The van der Waals surface area contributed by atoms with Gasteiger partial charge in [-0.1, -0.05) is 46.9 Å². The molecule has 0 spiro atoms. The molecule has 0 nitrogen and oxygen atoms in total. The normalized spacial score (nSPS) is 14.8. The van der Waals surface area contributed by atoms with Crippen LogP contribution in [0.15, 0.2) is 24.3 Å². The second-order valence-electron chi connectivity index (χ2n) is 3.41. The third-order valence-electron chi connectivity index (χ3n) is 2.01. The zero-order chi connectivity index (χ0) is 13.3. The fraction of sp³-hybridized carbons (Fsp3) is 0.400. The molecule has 0 heterocycles. The van der Waals surface area contributed by atoms with Crippen molar-refractivity contribution in [3.63, 3.8) is 0 Å². The van der Waals surface area contributed by atoms with Gasteiger partial charge in [-0.3, -0.25) is 0 Å². The van der Waals surface area contributed by atoms with Crippen molar-refractivity contribution in [2.24, 2.45) is 0 Å². The molecule has 0 bridgehead atoms. The minimum absolute atomic E-state index is 0.0184. The molecule has 1 aromatic carbocycles. The number of benzene rings is 1. The van der Waals surface area contributed by atoms with Gasteiger partial charge in [0.05, 0.1) is 10.9 Å². The molecule has 0 radical (unpaired) electrons. The molecule has 96 valence electrons. The molecule has 1 aromatic rings. The van der Waals surface area contributed by atoms with Crippen molar-refractivity contribution in [3.05, 3.63) is 35.4 Å². The largest absolute Gasteiger partial charge is 0.416 e. The van der Waals surface area contributed by atoms with E-state index in [1.165, 1.54) is 12.1 Å². The maximum absolute atomic E-state index is 12.3. The Morgan fingerprint density at radius 2 is 1.47 bits per heavy atom. The number of rotatable bonds is 2. The average Bonchev–Trinajstić information content (AvgIpc) is 2.14. The molecule has 0 aromatic heterocycles. The van der Waals surface area contributed by atoms with Crippen molar-refractivity contribution < 1.29 is 13.2 Å². The van der Waals surface area contributed by atoms with Crippen LogP contribution >= 0.6 is 46.4 Å². The third-order valence-corrected chi connectivity index (χ3v) is 2.88. The number of halogens is 7.